The third-order valence-electron chi connectivity index (χ3n) is 5.47. The summed E-state index contributed by atoms with van der Waals surface area (Å²) >= 11 is 1.68. The van der Waals surface area contributed by atoms with Gasteiger partial charge in [-0.3, -0.25) is 0 Å². The molecule has 0 bridgehead atoms. The second-order valence-corrected chi connectivity index (χ2v) is 8.38. The van der Waals surface area contributed by atoms with E-state index in [1.165, 1.54) is 16.8 Å². The molecule has 0 saturated heterocycles. The number of halogens is 2. The van der Waals surface area contributed by atoms with Crippen molar-refractivity contribution >= 4 is 29.1 Å². The molecule has 0 saturated carbocycles. The fourth-order valence-electron chi connectivity index (χ4n) is 3.68. The zero-order valence-electron chi connectivity index (χ0n) is 17.1. The van der Waals surface area contributed by atoms with Gasteiger partial charge in [0.25, 0.3) is 6.43 Å². The summed E-state index contributed by atoms with van der Waals surface area (Å²) in [7, 11) is 0. The summed E-state index contributed by atoms with van der Waals surface area (Å²) < 4.78 is 27.8. The molecule has 0 aliphatic carbocycles. The van der Waals surface area contributed by atoms with Crippen LogP contribution in [0.25, 0.3) is 0 Å². The molecule has 0 amide bonds. The molecule has 30 heavy (non-hydrogen) atoms. The van der Waals surface area contributed by atoms with Crippen molar-refractivity contribution in [2.75, 3.05) is 10.6 Å². The molecule has 0 spiro atoms. The molecule has 7 heteroatoms. The molecule has 0 fully saturated rings. The molecule has 2 aromatic carbocycles. The highest BCUT2D eigenvalue weighted by Gasteiger charge is 2.22. The summed E-state index contributed by atoms with van der Waals surface area (Å²) in [5, 5.41) is 7.51. The SMILES string of the molecule is C=C(C)N1Cc2ccc(N(Cc3ccc(C4=NN=C(C(F)F)C4)cc3)SC)cc2C1. The van der Waals surface area contributed by atoms with Crippen LogP contribution in [0.4, 0.5) is 14.5 Å². The van der Waals surface area contributed by atoms with Crippen molar-refractivity contribution in [2.24, 2.45) is 10.2 Å². The van der Waals surface area contributed by atoms with Crippen molar-refractivity contribution in [3.63, 3.8) is 0 Å². The van der Waals surface area contributed by atoms with E-state index < -0.39 is 6.43 Å². The minimum Gasteiger partial charge on any atom is -0.367 e. The number of anilines is 1. The average Bonchev–Trinajstić information content (AvgIpc) is 3.39. The fourth-order valence-corrected chi connectivity index (χ4v) is 4.29. The molecule has 4 rings (SSSR count). The zero-order chi connectivity index (χ0) is 21.3. The Morgan fingerprint density at radius 2 is 1.87 bits per heavy atom. The lowest BCUT2D eigenvalue weighted by Gasteiger charge is -2.22. The van der Waals surface area contributed by atoms with Crippen molar-refractivity contribution in [1.82, 2.24) is 4.90 Å². The number of nitrogens with zero attached hydrogens (tertiary/aromatic N) is 4. The van der Waals surface area contributed by atoms with E-state index in [0.717, 1.165) is 36.5 Å². The standard InChI is InChI=1S/C23H24F2N4S/c1-15(2)28-13-18-8-9-20(10-19(18)14-28)29(30-3)12-16-4-6-17(7-5-16)21-11-22(23(24)25)27-26-21/h4-10,23H,1,11-14H2,2-3H3. The van der Waals surface area contributed by atoms with Gasteiger partial charge in [-0.15, -0.1) is 0 Å². The molecule has 0 aromatic heterocycles. The fraction of sp³-hybridized carbons (Fsp3) is 0.304. The Kier molecular flexibility index (Phi) is 5.90. The third kappa shape index (κ3) is 4.26. The molecule has 0 atom stereocenters. The molecule has 156 valence electrons. The van der Waals surface area contributed by atoms with Crippen molar-refractivity contribution in [2.45, 2.75) is 39.4 Å². The van der Waals surface area contributed by atoms with Gasteiger partial charge in [0.2, 0.25) is 0 Å². The largest absolute Gasteiger partial charge is 0.367 e. The van der Waals surface area contributed by atoms with Gasteiger partial charge in [0.05, 0.1) is 12.3 Å². The molecule has 2 heterocycles. The highest BCUT2D eigenvalue weighted by molar-refractivity contribution is 7.99. The number of rotatable bonds is 7. The number of allylic oxidation sites excluding steroid dienone is 1. The molecular formula is C23H24F2N4S. The Morgan fingerprint density at radius 1 is 1.13 bits per heavy atom. The van der Waals surface area contributed by atoms with Crippen molar-refractivity contribution in [3.05, 3.63) is 77.0 Å². The van der Waals surface area contributed by atoms with E-state index in [2.05, 4.69) is 50.4 Å². The topological polar surface area (TPSA) is 31.2 Å². The normalized spacial score (nSPS) is 15.3. The van der Waals surface area contributed by atoms with Crippen LogP contribution in [0, 0.1) is 0 Å². The highest BCUT2D eigenvalue weighted by Crippen LogP contribution is 2.32. The van der Waals surface area contributed by atoms with Crippen molar-refractivity contribution in [3.8, 4) is 0 Å². The first kappa shape index (κ1) is 20.6. The first-order valence-corrected chi connectivity index (χ1v) is 11.0. The summed E-state index contributed by atoms with van der Waals surface area (Å²) in [6.07, 6.45) is -0.363. The molecular weight excluding hydrogens is 402 g/mol. The van der Waals surface area contributed by atoms with E-state index >= 15 is 0 Å². The van der Waals surface area contributed by atoms with Crippen LogP contribution in [0.5, 0.6) is 0 Å². The minimum atomic E-state index is -2.55. The monoisotopic (exact) mass is 426 g/mol. The summed E-state index contributed by atoms with van der Waals surface area (Å²) in [5.41, 5.74) is 7.38. The van der Waals surface area contributed by atoms with Gasteiger partial charge in [0, 0.05) is 37.2 Å². The van der Waals surface area contributed by atoms with Crippen LogP contribution >= 0.6 is 11.9 Å². The number of fused-ring (bicyclic) bond motifs is 1. The average molecular weight is 427 g/mol. The number of alkyl halides is 2. The van der Waals surface area contributed by atoms with E-state index in [1.807, 2.05) is 31.2 Å². The first-order chi connectivity index (χ1) is 14.4. The lowest BCUT2D eigenvalue weighted by molar-refractivity contribution is 0.224. The van der Waals surface area contributed by atoms with E-state index in [-0.39, 0.29) is 12.1 Å². The van der Waals surface area contributed by atoms with E-state index in [4.69, 9.17) is 0 Å². The van der Waals surface area contributed by atoms with Crippen LogP contribution in [0.15, 0.2) is 64.9 Å². The van der Waals surface area contributed by atoms with Crippen molar-refractivity contribution < 1.29 is 8.78 Å². The van der Waals surface area contributed by atoms with Crippen LogP contribution in [0.2, 0.25) is 0 Å². The predicted molar refractivity (Wildman–Crippen MR) is 121 cm³/mol. The Balaban J connectivity index is 1.44. The maximum absolute atomic E-state index is 12.8. The van der Waals surface area contributed by atoms with E-state index in [9.17, 15) is 8.78 Å². The van der Waals surface area contributed by atoms with Crippen LogP contribution in [-0.4, -0.2) is 29.0 Å². The molecule has 0 radical (unpaired) electrons. The molecule has 2 aliphatic heterocycles. The number of hydrogen-bond acceptors (Lipinski definition) is 5. The predicted octanol–water partition coefficient (Wildman–Crippen LogP) is 5.63. The quantitative estimate of drug-likeness (QED) is 0.538. The first-order valence-electron chi connectivity index (χ1n) is 9.79. The van der Waals surface area contributed by atoms with Crippen LogP contribution in [-0.2, 0) is 19.6 Å². The van der Waals surface area contributed by atoms with Crippen molar-refractivity contribution in [1.29, 1.82) is 0 Å². The lowest BCUT2D eigenvalue weighted by atomic mass is 10.0. The van der Waals surface area contributed by atoms with Gasteiger partial charge < -0.3 is 9.21 Å². The van der Waals surface area contributed by atoms with E-state index in [0.29, 0.717) is 5.71 Å². The maximum atomic E-state index is 12.8. The molecule has 2 aromatic rings. The molecule has 0 N–H and O–H groups in total. The lowest BCUT2D eigenvalue weighted by Crippen LogP contribution is -2.14. The summed E-state index contributed by atoms with van der Waals surface area (Å²) in [5.74, 6) is 0. The van der Waals surface area contributed by atoms with Gasteiger partial charge in [-0.2, -0.15) is 10.2 Å². The Morgan fingerprint density at radius 3 is 2.50 bits per heavy atom. The van der Waals surface area contributed by atoms with Gasteiger partial charge in [-0.1, -0.05) is 48.9 Å². The van der Waals surface area contributed by atoms with Gasteiger partial charge in [0.1, 0.15) is 5.71 Å². The molecule has 4 nitrogen and oxygen atoms in total. The third-order valence-corrected chi connectivity index (χ3v) is 6.25. The van der Waals surface area contributed by atoms with Crippen LogP contribution in [0.3, 0.4) is 0 Å². The second-order valence-electron chi connectivity index (χ2n) is 7.58. The zero-order valence-corrected chi connectivity index (χ0v) is 17.9. The Bertz CT molecular complexity index is 1010. The summed E-state index contributed by atoms with van der Waals surface area (Å²) in [4.78, 5) is 2.28. The van der Waals surface area contributed by atoms with Crippen LogP contribution < -0.4 is 4.31 Å². The minimum absolute atomic E-state index is 0.115. The summed E-state index contributed by atoms with van der Waals surface area (Å²) in [6, 6.07) is 14.6. The Labute approximate surface area is 180 Å². The number of benzene rings is 2. The van der Waals surface area contributed by atoms with Gasteiger partial charge >= 0.3 is 0 Å². The van der Waals surface area contributed by atoms with Gasteiger partial charge in [-0.05, 0) is 41.3 Å². The Hall–Kier alpha value is -2.67. The summed E-state index contributed by atoms with van der Waals surface area (Å²) in [6.45, 7) is 8.67. The molecule has 0 unspecified atom stereocenters. The second kappa shape index (κ2) is 8.60. The van der Waals surface area contributed by atoms with Gasteiger partial charge in [0.15, 0.2) is 0 Å². The highest BCUT2D eigenvalue weighted by atomic mass is 32.2. The smallest absolute Gasteiger partial charge is 0.278 e. The number of hydrogen-bond donors (Lipinski definition) is 0. The van der Waals surface area contributed by atoms with E-state index in [1.54, 1.807) is 11.9 Å². The molecule has 2 aliphatic rings. The van der Waals surface area contributed by atoms with Gasteiger partial charge in [-0.25, -0.2) is 8.78 Å². The maximum Gasteiger partial charge on any atom is 0.278 e. The van der Waals surface area contributed by atoms with Crippen LogP contribution in [0.1, 0.15) is 35.6 Å².